The molecule has 2 aromatic rings. The van der Waals surface area contributed by atoms with Gasteiger partial charge in [0, 0.05) is 23.0 Å². The third-order valence-corrected chi connectivity index (χ3v) is 6.71. The summed E-state index contributed by atoms with van der Waals surface area (Å²) >= 11 is 5.94. The molecule has 5 N–H and O–H groups in total. The Hall–Kier alpha value is -3.43. The molecule has 0 radical (unpaired) electrons. The van der Waals surface area contributed by atoms with Gasteiger partial charge in [-0.3, -0.25) is 15.0 Å². The molecule has 0 spiro atoms. The minimum Gasteiger partial charge on any atom is -0.480 e. The average Bonchev–Trinajstić information content (AvgIpc) is 3.31. The van der Waals surface area contributed by atoms with Gasteiger partial charge in [0.2, 0.25) is 0 Å². The van der Waals surface area contributed by atoms with E-state index in [0.29, 0.717) is 36.4 Å². The Kier molecular flexibility index (Phi) is 12.1. The number of hydrogen-bond acceptors (Lipinski definition) is 7. The van der Waals surface area contributed by atoms with Gasteiger partial charge >= 0.3 is 24.2 Å². The number of carboxylic acids is 2. The molecule has 1 fully saturated rings. The molecule has 3 atom stereocenters. The maximum atomic E-state index is 13.1. The van der Waals surface area contributed by atoms with Crippen LogP contribution in [0.2, 0.25) is 0 Å². The van der Waals surface area contributed by atoms with Crippen molar-refractivity contribution in [2.75, 3.05) is 23.5 Å². The lowest BCUT2D eigenvalue weighted by Gasteiger charge is -2.27. The number of thioether (sulfide) groups is 1. The fourth-order valence-corrected chi connectivity index (χ4v) is 4.56. The van der Waals surface area contributed by atoms with Crippen LogP contribution in [0.3, 0.4) is 0 Å². The van der Waals surface area contributed by atoms with Crippen LogP contribution in [0.25, 0.3) is 11.1 Å². The summed E-state index contributed by atoms with van der Waals surface area (Å²) in [6.45, 7) is 0.593. The highest BCUT2D eigenvalue weighted by molar-refractivity contribution is 7.98. The van der Waals surface area contributed by atoms with Gasteiger partial charge in [0.25, 0.3) is 5.91 Å². The van der Waals surface area contributed by atoms with Crippen LogP contribution < -0.4 is 15.5 Å². The fourth-order valence-electron chi connectivity index (χ4n) is 3.78. The molecule has 15 heteroatoms. The van der Waals surface area contributed by atoms with Crippen LogP contribution in [0, 0.1) is 0 Å². The van der Waals surface area contributed by atoms with Crippen molar-refractivity contribution < 1.29 is 47.7 Å². The first-order valence-electron chi connectivity index (χ1n) is 11.7. The summed E-state index contributed by atoms with van der Waals surface area (Å²) in [5, 5.41) is 32.3. The quantitative estimate of drug-likeness (QED) is 0.233. The summed E-state index contributed by atoms with van der Waals surface area (Å²) in [6.07, 6.45) is -3.92. The zero-order valence-electron chi connectivity index (χ0n) is 21.1. The molecule has 0 saturated carbocycles. The van der Waals surface area contributed by atoms with E-state index in [2.05, 4.69) is 23.3 Å². The van der Waals surface area contributed by atoms with E-state index < -0.39 is 42.3 Å². The normalized spacial score (nSPS) is 17.2. The number of alkyl halides is 3. The molecule has 1 heterocycles. The van der Waals surface area contributed by atoms with Gasteiger partial charge in [0.1, 0.15) is 6.04 Å². The van der Waals surface area contributed by atoms with Crippen LogP contribution in [0.15, 0.2) is 48.5 Å². The third-order valence-electron chi connectivity index (χ3n) is 5.67. The van der Waals surface area contributed by atoms with Crippen molar-refractivity contribution in [1.82, 2.24) is 10.6 Å². The van der Waals surface area contributed by atoms with Gasteiger partial charge in [-0.15, -0.1) is 0 Å². The number of carbonyl (C=O) groups excluding carboxylic acids is 1. The van der Waals surface area contributed by atoms with E-state index in [9.17, 15) is 37.8 Å². The number of nitrogens with zero attached hydrogens (tertiary/aromatic N) is 1. The number of rotatable bonds is 9. The second-order valence-corrected chi connectivity index (χ2v) is 10.2. The lowest BCUT2D eigenvalue weighted by atomic mass is 9.97. The lowest BCUT2D eigenvalue weighted by Crippen LogP contribution is -2.45. The highest BCUT2D eigenvalue weighted by Crippen LogP contribution is 2.31. The standard InChI is InChI=1S/C23H27N3O5S2.C2HF3O2/c1-33-10-9-19(22(28)29)25-21(27)17-8-7-15(11-18(17)14-5-3-2-4-6-14)26(23(30)31)20-12-16(32)13-24-20;3-2(4,5)1(6)7/h2-8,11,16,19-20,24,32H,9-10,12-13H2,1H3,(H,25,27)(H,28,29)(H,30,31);(H,6,7)/t16-,19-,20?;/m0./s1. The smallest absolute Gasteiger partial charge is 0.480 e. The molecule has 2 aromatic carbocycles. The number of benzene rings is 2. The molecular formula is C25H28F3N3O7S2. The molecule has 40 heavy (non-hydrogen) atoms. The molecule has 2 amide bonds. The number of carbonyl (C=O) groups is 4. The zero-order valence-corrected chi connectivity index (χ0v) is 22.8. The number of thiol groups is 1. The van der Waals surface area contributed by atoms with E-state index in [0.717, 1.165) is 5.56 Å². The van der Waals surface area contributed by atoms with E-state index in [4.69, 9.17) is 9.90 Å². The predicted octanol–water partition coefficient (Wildman–Crippen LogP) is 4.03. The van der Waals surface area contributed by atoms with E-state index in [1.54, 1.807) is 18.2 Å². The zero-order chi connectivity index (χ0) is 30.0. The summed E-state index contributed by atoms with van der Waals surface area (Å²) in [5.74, 6) is -3.78. The molecule has 1 aliphatic heterocycles. The first-order valence-corrected chi connectivity index (χ1v) is 13.6. The first kappa shape index (κ1) is 32.8. The Labute approximate surface area is 237 Å². The molecule has 1 saturated heterocycles. The molecule has 0 aliphatic carbocycles. The summed E-state index contributed by atoms with van der Waals surface area (Å²) in [4.78, 5) is 46.9. The molecule has 1 unspecified atom stereocenters. The van der Waals surface area contributed by atoms with Gasteiger partial charge in [-0.2, -0.15) is 37.6 Å². The maximum Gasteiger partial charge on any atom is 0.490 e. The topological polar surface area (TPSA) is 156 Å². The van der Waals surface area contributed by atoms with Crippen LogP contribution in [-0.2, 0) is 9.59 Å². The largest absolute Gasteiger partial charge is 0.490 e. The van der Waals surface area contributed by atoms with E-state index in [1.165, 1.54) is 16.7 Å². The monoisotopic (exact) mass is 603 g/mol. The van der Waals surface area contributed by atoms with Gasteiger partial charge in [-0.25, -0.2) is 14.4 Å². The van der Waals surface area contributed by atoms with E-state index in [1.807, 2.05) is 36.6 Å². The highest BCUT2D eigenvalue weighted by Gasteiger charge is 2.38. The van der Waals surface area contributed by atoms with Crippen molar-refractivity contribution in [2.24, 2.45) is 0 Å². The number of hydrogen-bond donors (Lipinski definition) is 6. The number of carboxylic acid groups (broad SMARTS) is 3. The second-order valence-electron chi connectivity index (χ2n) is 8.51. The summed E-state index contributed by atoms with van der Waals surface area (Å²) < 4.78 is 31.7. The maximum absolute atomic E-state index is 13.1. The number of aliphatic carboxylic acids is 2. The highest BCUT2D eigenvalue weighted by atomic mass is 32.2. The van der Waals surface area contributed by atoms with Gasteiger partial charge in [-0.05, 0) is 54.2 Å². The Morgan fingerprint density at radius 2 is 1.75 bits per heavy atom. The second kappa shape index (κ2) is 14.8. The molecule has 10 nitrogen and oxygen atoms in total. The van der Waals surface area contributed by atoms with Gasteiger partial charge in [-0.1, -0.05) is 30.3 Å². The van der Waals surface area contributed by atoms with Crippen molar-refractivity contribution >= 4 is 54.0 Å². The first-order chi connectivity index (χ1) is 18.8. The predicted molar refractivity (Wildman–Crippen MR) is 147 cm³/mol. The van der Waals surface area contributed by atoms with Crippen LogP contribution in [-0.4, -0.2) is 81.4 Å². The molecule has 3 rings (SSSR count). The number of nitrogens with one attached hydrogen (secondary N) is 2. The summed E-state index contributed by atoms with van der Waals surface area (Å²) in [5.41, 5.74) is 1.93. The summed E-state index contributed by atoms with van der Waals surface area (Å²) in [7, 11) is 0. The SMILES string of the molecule is CSCC[C@H](NC(=O)c1ccc(N(C(=O)O)C2C[C@H](S)CN2)cc1-c1ccccc1)C(=O)O.O=C(O)C(F)(F)F. The van der Waals surface area contributed by atoms with E-state index >= 15 is 0 Å². The minimum absolute atomic E-state index is 0.0460. The van der Waals surface area contributed by atoms with Gasteiger partial charge < -0.3 is 20.6 Å². The Balaban J connectivity index is 0.000000708. The lowest BCUT2D eigenvalue weighted by molar-refractivity contribution is -0.192. The average molecular weight is 604 g/mol. The molecular weight excluding hydrogens is 575 g/mol. The van der Waals surface area contributed by atoms with Crippen LogP contribution in [0.1, 0.15) is 23.2 Å². The third kappa shape index (κ3) is 9.34. The van der Waals surface area contributed by atoms with Crippen molar-refractivity contribution in [2.45, 2.75) is 36.5 Å². The molecule has 0 bridgehead atoms. The Morgan fingerprint density at radius 1 is 1.12 bits per heavy atom. The van der Waals surface area contributed by atoms with Crippen LogP contribution in [0.4, 0.5) is 23.7 Å². The Bertz CT molecular complexity index is 1200. The van der Waals surface area contributed by atoms with Crippen LogP contribution >= 0.6 is 24.4 Å². The molecule has 0 aromatic heterocycles. The Morgan fingerprint density at radius 3 is 2.23 bits per heavy atom. The molecule has 1 aliphatic rings. The number of halogens is 3. The number of anilines is 1. The minimum atomic E-state index is -5.08. The van der Waals surface area contributed by atoms with E-state index in [-0.39, 0.29) is 10.8 Å². The molecule has 218 valence electrons. The van der Waals surface area contributed by atoms with Crippen molar-refractivity contribution in [3.63, 3.8) is 0 Å². The van der Waals surface area contributed by atoms with Crippen molar-refractivity contribution in [3.05, 3.63) is 54.1 Å². The number of amides is 2. The van der Waals surface area contributed by atoms with Crippen LogP contribution in [0.5, 0.6) is 0 Å². The van der Waals surface area contributed by atoms with Crippen molar-refractivity contribution in [1.29, 1.82) is 0 Å². The van der Waals surface area contributed by atoms with Crippen molar-refractivity contribution in [3.8, 4) is 11.1 Å². The summed E-state index contributed by atoms with van der Waals surface area (Å²) in [6, 6.07) is 12.9. The van der Waals surface area contributed by atoms with Gasteiger partial charge in [0.15, 0.2) is 0 Å². The fraction of sp³-hybridized carbons (Fsp3) is 0.360. The van der Waals surface area contributed by atoms with Gasteiger partial charge in [0.05, 0.1) is 6.17 Å².